The van der Waals surface area contributed by atoms with Crippen LogP contribution in [0, 0.1) is 0 Å². The molecule has 0 radical (unpaired) electrons. The third kappa shape index (κ3) is 6.63. The second-order valence-corrected chi connectivity index (χ2v) is 16.9. The van der Waals surface area contributed by atoms with Crippen LogP contribution in [0.3, 0.4) is 0 Å². The van der Waals surface area contributed by atoms with Gasteiger partial charge in [0, 0.05) is 82.0 Å². The van der Waals surface area contributed by atoms with Crippen LogP contribution in [-0.4, -0.2) is 94.9 Å². The Morgan fingerprint density at radius 1 is 0.317 bits per heavy atom. The molecule has 6 aromatic rings. The lowest BCUT2D eigenvalue weighted by molar-refractivity contribution is 0.107. The number of phenols is 12. The van der Waals surface area contributed by atoms with Gasteiger partial charge in [-0.2, -0.15) is 0 Å². The first-order chi connectivity index (χ1) is 29.9. The summed E-state index contributed by atoms with van der Waals surface area (Å²) in [5, 5.41) is 168. The average molecular weight is 861 g/mol. The predicted molar refractivity (Wildman–Crippen MR) is 223 cm³/mol. The summed E-state index contributed by atoms with van der Waals surface area (Å²) < 4.78 is 0. The molecular weight excluding hydrogens is 817 g/mol. The molecule has 15 heteroatoms. The van der Waals surface area contributed by atoms with E-state index in [4.69, 9.17) is 0 Å². The van der Waals surface area contributed by atoms with E-state index in [9.17, 15) is 76.6 Å². The lowest BCUT2D eigenvalue weighted by Crippen LogP contribution is -2.38. The first-order valence-corrected chi connectivity index (χ1v) is 20.2. The Labute approximate surface area is 358 Å². The van der Waals surface area contributed by atoms with Crippen molar-refractivity contribution in [2.45, 2.75) is 73.6 Å². The molecule has 0 aliphatic heterocycles. The summed E-state index contributed by atoms with van der Waals surface area (Å²) in [5.74, 6) is -11.0. The number of hydrogen-bond donors (Lipinski definition) is 15. The van der Waals surface area contributed by atoms with Crippen molar-refractivity contribution < 1.29 is 76.6 Å². The fraction of sp³-hybridized carbons (Fsp3) is 0.250. The number of aromatic hydroxyl groups is 12. The molecule has 0 spiro atoms. The molecule has 0 fully saturated rings. The Morgan fingerprint density at radius 3 is 1.24 bits per heavy atom. The van der Waals surface area contributed by atoms with Crippen LogP contribution < -0.4 is 0 Å². The minimum absolute atomic E-state index is 0.0102. The summed E-state index contributed by atoms with van der Waals surface area (Å²) >= 11 is 0. The number of rotatable bonds is 5. The number of fused-ring (bicyclic) bond motifs is 3. The summed E-state index contributed by atoms with van der Waals surface area (Å²) in [6.07, 6.45) is -4.70. The second kappa shape index (κ2) is 15.0. The number of aliphatic hydroxyl groups is 3. The second-order valence-electron chi connectivity index (χ2n) is 16.9. The van der Waals surface area contributed by atoms with Crippen LogP contribution in [0.1, 0.15) is 90.8 Å². The molecule has 0 aromatic heterocycles. The van der Waals surface area contributed by atoms with Gasteiger partial charge in [-0.1, -0.05) is 18.2 Å². The molecule has 3 aliphatic rings. The van der Waals surface area contributed by atoms with Crippen molar-refractivity contribution >= 4 is 0 Å². The van der Waals surface area contributed by atoms with Crippen LogP contribution in [0.4, 0.5) is 0 Å². The zero-order valence-corrected chi connectivity index (χ0v) is 33.2. The summed E-state index contributed by atoms with van der Waals surface area (Å²) in [5.41, 5.74) is 2.12. The molecular formula is C48H44O15. The van der Waals surface area contributed by atoms with E-state index in [1.807, 2.05) is 0 Å². The van der Waals surface area contributed by atoms with Gasteiger partial charge in [0.25, 0.3) is 0 Å². The lowest BCUT2D eigenvalue weighted by atomic mass is 9.62. The zero-order valence-electron chi connectivity index (χ0n) is 33.2. The highest BCUT2D eigenvalue weighted by molar-refractivity contribution is 5.68. The molecule has 0 amide bonds. The van der Waals surface area contributed by atoms with E-state index < -0.39 is 105 Å². The molecule has 15 nitrogen and oxygen atoms in total. The smallest absolute Gasteiger partial charge is 0.157 e. The molecule has 0 bridgehead atoms. The van der Waals surface area contributed by atoms with Gasteiger partial charge < -0.3 is 76.6 Å². The molecule has 8 atom stereocenters. The van der Waals surface area contributed by atoms with Gasteiger partial charge in [-0.05, 0) is 95.1 Å². The monoisotopic (exact) mass is 860 g/mol. The third-order valence-electron chi connectivity index (χ3n) is 13.5. The van der Waals surface area contributed by atoms with Crippen molar-refractivity contribution in [1.29, 1.82) is 0 Å². The maximum absolute atomic E-state index is 12.7. The maximum Gasteiger partial charge on any atom is 0.157 e. The summed E-state index contributed by atoms with van der Waals surface area (Å²) in [6, 6.07) is 16.5. The van der Waals surface area contributed by atoms with Gasteiger partial charge >= 0.3 is 0 Å². The van der Waals surface area contributed by atoms with Crippen LogP contribution in [0.2, 0.25) is 0 Å². The Morgan fingerprint density at radius 2 is 0.730 bits per heavy atom. The Hall–Kier alpha value is -7.20. The Balaban J connectivity index is 1.31. The molecule has 0 saturated heterocycles. The van der Waals surface area contributed by atoms with E-state index in [1.165, 1.54) is 60.7 Å². The first-order valence-electron chi connectivity index (χ1n) is 20.2. The van der Waals surface area contributed by atoms with E-state index in [0.717, 1.165) is 18.2 Å². The fourth-order valence-electron chi connectivity index (χ4n) is 10.6. The quantitative estimate of drug-likeness (QED) is 0.101. The van der Waals surface area contributed by atoms with Crippen LogP contribution in [0.5, 0.6) is 69.0 Å². The van der Waals surface area contributed by atoms with Crippen LogP contribution in [0.25, 0.3) is 0 Å². The van der Waals surface area contributed by atoms with Crippen LogP contribution >= 0.6 is 0 Å². The number of phenolic OH excluding ortho intramolecular Hbond substituents is 12. The van der Waals surface area contributed by atoms with Crippen LogP contribution in [0.15, 0.2) is 78.9 Å². The highest BCUT2D eigenvalue weighted by atomic mass is 16.3. The van der Waals surface area contributed by atoms with Crippen molar-refractivity contribution in [2.24, 2.45) is 0 Å². The van der Waals surface area contributed by atoms with E-state index in [0.29, 0.717) is 16.7 Å². The molecule has 0 saturated carbocycles. The van der Waals surface area contributed by atoms with Crippen LogP contribution in [-0.2, 0) is 25.7 Å². The molecule has 0 heterocycles. The van der Waals surface area contributed by atoms with E-state index >= 15 is 0 Å². The van der Waals surface area contributed by atoms with Gasteiger partial charge in [0.1, 0.15) is 34.5 Å². The molecule has 5 unspecified atom stereocenters. The van der Waals surface area contributed by atoms with Crippen molar-refractivity contribution in [1.82, 2.24) is 0 Å². The number of aliphatic hydroxyl groups excluding tert-OH is 3. The largest absolute Gasteiger partial charge is 0.508 e. The maximum atomic E-state index is 12.7. The van der Waals surface area contributed by atoms with Crippen molar-refractivity contribution in [2.75, 3.05) is 0 Å². The Kier molecular flexibility index (Phi) is 9.81. The molecule has 15 N–H and O–H groups in total. The molecule has 3 aliphatic carbocycles. The average Bonchev–Trinajstić information content (AvgIpc) is 3.22. The van der Waals surface area contributed by atoms with Gasteiger partial charge in [0.05, 0.1) is 18.3 Å². The summed E-state index contributed by atoms with van der Waals surface area (Å²) in [4.78, 5) is 0. The van der Waals surface area contributed by atoms with E-state index in [2.05, 4.69) is 0 Å². The van der Waals surface area contributed by atoms with Crippen molar-refractivity contribution in [3.8, 4) is 69.0 Å². The van der Waals surface area contributed by atoms with E-state index in [1.54, 1.807) is 0 Å². The third-order valence-corrected chi connectivity index (χ3v) is 13.5. The van der Waals surface area contributed by atoms with Gasteiger partial charge in [-0.15, -0.1) is 0 Å². The highest BCUT2D eigenvalue weighted by Crippen LogP contribution is 2.59. The first kappa shape index (κ1) is 41.2. The molecule has 6 aromatic carbocycles. The zero-order chi connectivity index (χ0) is 44.9. The van der Waals surface area contributed by atoms with Crippen molar-refractivity contribution in [3.63, 3.8) is 0 Å². The van der Waals surface area contributed by atoms with E-state index in [-0.39, 0.29) is 81.7 Å². The number of benzene rings is 6. The fourth-order valence-corrected chi connectivity index (χ4v) is 10.6. The predicted octanol–water partition coefficient (Wildman–Crippen LogP) is 5.06. The highest BCUT2D eigenvalue weighted by Gasteiger charge is 2.48. The molecule has 9 rings (SSSR count). The van der Waals surface area contributed by atoms with Gasteiger partial charge in [0.15, 0.2) is 34.5 Å². The van der Waals surface area contributed by atoms with Gasteiger partial charge in [-0.25, -0.2) is 0 Å². The standard InChI is InChI=1S/C48H44O15/c49-22-7-21-8-24(19-2-5-30(51)35(56)10-19)47(62)45(41(21)37(58)12-22)43-28-14-25(20-3-6-31(52)36(57)11-20)48(63)46(44(28)40(61)17-39(43)60)42-27-13-23(18-1-4-29(50)34(55)9-18)32(53)15-26(27)33(54)16-38(42)59/h1-7,9-12,16-17,23-25,32,45-63H,8,13-15H2/t23-,24+,25+,32?,45?,46?,47?,48?/m0/s1. The minimum atomic E-state index is -1.58. The topological polar surface area (TPSA) is 303 Å². The number of hydrogen-bond acceptors (Lipinski definition) is 15. The lowest BCUT2D eigenvalue weighted by Gasteiger charge is -2.43. The minimum Gasteiger partial charge on any atom is -0.508 e. The Bertz CT molecular complexity index is 2840. The normalized spacial score (nSPS) is 24.0. The van der Waals surface area contributed by atoms with Crippen molar-refractivity contribution in [3.05, 3.63) is 140 Å². The molecule has 63 heavy (non-hydrogen) atoms. The van der Waals surface area contributed by atoms with Gasteiger partial charge in [-0.3, -0.25) is 0 Å². The van der Waals surface area contributed by atoms with Gasteiger partial charge in [0.2, 0.25) is 0 Å². The molecule has 326 valence electrons. The SMILES string of the molecule is Oc1cc(O)c2c(c1)C[C@H](c1ccc(O)c(O)c1)C(O)C2c1c(O)cc(O)c2c1C[C@H](c1ccc(O)c(O)c1)C(O)C2c1c(O)cc(O)c2c1C[C@@H](c1ccc(O)c(O)c1)C(O)C2. The summed E-state index contributed by atoms with van der Waals surface area (Å²) in [6.45, 7) is 0. The summed E-state index contributed by atoms with van der Waals surface area (Å²) in [7, 11) is 0.